The Kier molecular flexibility index (Phi) is 5.58. The third-order valence-electron chi connectivity index (χ3n) is 4.42. The maximum Gasteiger partial charge on any atom is 0.264 e. The molecule has 26 heavy (non-hydrogen) atoms. The van der Waals surface area contributed by atoms with Gasteiger partial charge in [0.2, 0.25) is 5.91 Å². The first-order valence-electron chi connectivity index (χ1n) is 8.47. The molecule has 0 bridgehead atoms. The maximum absolute atomic E-state index is 12.7. The summed E-state index contributed by atoms with van der Waals surface area (Å²) in [4.78, 5) is 14.3. The average Bonchev–Trinajstić information content (AvgIpc) is 2.69. The number of sulfonamides is 1. The van der Waals surface area contributed by atoms with E-state index in [1.165, 1.54) is 11.4 Å². The number of carbonyl (C=O) groups excluding carboxylic acids is 1. The molecule has 0 spiro atoms. The van der Waals surface area contributed by atoms with Crippen LogP contribution in [0.25, 0.3) is 0 Å². The zero-order chi connectivity index (χ0) is 18.6. The van der Waals surface area contributed by atoms with Gasteiger partial charge in [-0.2, -0.15) is 0 Å². The number of amides is 1. The second-order valence-electron chi connectivity index (χ2n) is 6.12. The molecule has 0 aromatic heterocycles. The lowest BCUT2D eigenvalue weighted by molar-refractivity contribution is -0.134. The van der Waals surface area contributed by atoms with E-state index >= 15 is 0 Å². The Labute approximate surface area is 154 Å². The van der Waals surface area contributed by atoms with Crippen LogP contribution in [-0.2, 0) is 26.0 Å². The topological polar surface area (TPSA) is 66.9 Å². The lowest BCUT2D eigenvalue weighted by Crippen LogP contribution is -2.41. The second kappa shape index (κ2) is 7.88. The molecular formula is C19H22N2O4S. The van der Waals surface area contributed by atoms with Crippen molar-refractivity contribution in [3.63, 3.8) is 0 Å². The van der Waals surface area contributed by atoms with Crippen molar-refractivity contribution in [2.75, 3.05) is 37.7 Å². The van der Waals surface area contributed by atoms with Gasteiger partial charge in [-0.05, 0) is 29.8 Å². The zero-order valence-electron chi connectivity index (χ0n) is 14.7. The van der Waals surface area contributed by atoms with Crippen LogP contribution in [0.15, 0.2) is 59.5 Å². The smallest absolute Gasteiger partial charge is 0.264 e. The van der Waals surface area contributed by atoms with Crippen LogP contribution in [0.4, 0.5) is 5.69 Å². The fraction of sp³-hybridized carbons (Fsp3) is 0.316. The molecule has 1 fully saturated rings. The van der Waals surface area contributed by atoms with Crippen molar-refractivity contribution in [3.8, 4) is 0 Å². The number of morpholine rings is 1. The number of anilines is 1. The summed E-state index contributed by atoms with van der Waals surface area (Å²) >= 11 is 0. The van der Waals surface area contributed by atoms with Crippen molar-refractivity contribution in [2.45, 2.75) is 11.3 Å². The molecule has 3 rings (SSSR count). The van der Waals surface area contributed by atoms with E-state index in [9.17, 15) is 13.2 Å². The molecule has 0 saturated carbocycles. The number of benzene rings is 2. The maximum atomic E-state index is 12.7. The molecule has 2 aromatic carbocycles. The van der Waals surface area contributed by atoms with Crippen LogP contribution >= 0.6 is 0 Å². The van der Waals surface area contributed by atoms with Gasteiger partial charge in [0.15, 0.2) is 0 Å². The van der Waals surface area contributed by atoms with E-state index in [1.54, 1.807) is 59.5 Å². The van der Waals surface area contributed by atoms with E-state index < -0.39 is 10.0 Å². The summed E-state index contributed by atoms with van der Waals surface area (Å²) in [5.74, 6) is 0.0614. The van der Waals surface area contributed by atoms with E-state index in [2.05, 4.69) is 0 Å². The molecule has 138 valence electrons. The largest absolute Gasteiger partial charge is 0.378 e. The standard InChI is InChI=1S/C19H22N2O4S/c1-20(26(23,24)18-5-3-2-4-6-18)17-9-7-16(8-10-17)15-19(22)21-11-13-25-14-12-21/h2-10H,11-15H2,1H3. The lowest BCUT2D eigenvalue weighted by Gasteiger charge is -2.27. The van der Waals surface area contributed by atoms with E-state index in [0.717, 1.165) is 5.56 Å². The molecule has 1 aliphatic rings. The number of hydrogen-bond acceptors (Lipinski definition) is 4. The Morgan fingerprint density at radius 3 is 2.27 bits per heavy atom. The van der Waals surface area contributed by atoms with E-state index in [4.69, 9.17) is 4.74 Å². The highest BCUT2D eigenvalue weighted by molar-refractivity contribution is 7.92. The van der Waals surface area contributed by atoms with Crippen LogP contribution in [0.5, 0.6) is 0 Å². The fourth-order valence-corrected chi connectivity index (χ4v) is 4.03. The highest BCUT2D eigenvalue weighted by atomic mass is 32.2. The summed E-state index contributed by atoms with van der Waals surface area (Å²) in [7, 11) is -2.08. The number of carbonyl (C=O) groups is 1. The Balaban J connectivity index is 1.70. The highest BCUT2D eigenvalue weighted by Gasteiger charge is 2.21. The lowest BCUT2D eigenvalue weighted by atomic mass is 10.1. The third kappa shape index (κ3) is 4.05. The Hall–Kier alpha value is -2.38. The van der Waals surface area contributed by atoms with Gasteiger partial charge >= 0.3 is 0 Å². The molecule has 1 aliphatic heterocycles. The summed E-state index contributed by atoms with van der Waals surface area (Å²) in [5, 5.41) is 0. The van der Waals surface area contributed by atoms with Crippen LogP contribution in [0.3, 0.4) is 0 Å². The van der Waals surface area contributed by atoms with Gasteiger partial charge in [-0.25, -0.2) is 8.42 Å². The van der Waals surface area contributed by atoms with Gasteiger partial charge in [0.1, 0.15) is 0 Å². The quantitative estimate of drug-likeness (QED) is 0.802. The van der Waals surface area contributed by atoms with Gasteiger partial charge < -0.3 is 9.64 Å². The summed E-state index contributed by atoms with van der Waals surface area (Å²) in [6, 6.07) is 15.4. The molecule has 0 atom stereocenters. The van der Waals surface area contributed by atoms with Crippen molar-refractivity contribution in [1.29, 1.82) is 0 Å². The summed E-state index contributed by atoms with van der Waals surface area (Å²) in [6.45, 7) is 2.39. The average molecular weight is 374 g/mol. The Morgan fingerprint density at radius 2 is 1.65 bits per heavy atom. The minimum Gasteiger partial charge on any atom is -0.378 e. The second-order valence-corrected chi connectivity index (χ2v) is 8.09. The predicted octanol–water partition coefficient (Wildman–Crippen LogP) is 1.91. The van der Waals surface area contributed by atoms with Gasteiger partial charge in [-0.15, -0.1) is 0 Å². The van der Waals surface area contributed by atoms with Crippen molar-refractivity contribution in [3.05, 3.63) is 60.2 Å². The molecule has 6 nitrogen and oxygen atoms in total. The first kappa shape index (κ1) is 18.4. The Bertz CT molecular complexity index is 845. The summed E-state index contributed by atoms with van der Waals surface area (Å²) in [6.07, 6.45) is 0.301. The van der Waals surface area contributed by atoms with Crippen LogP contribution in [0, 0.1) is 0 Å². The minimum absolute atomic E-state index is 0.0614. The Morgan fingerprint density at radius 1 is 1.04 bits per heavy atom. The minimum atomic E-state index is -3.60. The van der Waals surface area contributed by atoms with E-state index in [-0.39, 0.29) is 10.8 Å². The van der Waals surface area contributed by atoms with Crippen LogP contribution in [0.2, 0.25) is 0 Å². The highest BCUT2D eigenvalue weighted by Crippen LogP contribution is 2.22. The number of hydrogen-bond donors (Lipinski definition) is 0. The normalized spacial score (nSPS) is 14.9. The molecule has 7 heteroatoms. The van der Waals surface area contributed by atoms with Gasteiger partial charge in [-0.3, -0.25) is 9.10 Å². The van der Waals surface area contributed by atoms with Gasteiger partial charge in [0.25, 0.3) is 10.0 Å². The van der Waals surface area contributed by atoms with Gasteiger partial charge in [0, 0.05) is 20.1 Å². The SMILES string of the molecule is CN(c1ccc(CC(=O)N2CCOCC2)cc1)S(=O)(=O)c1ccccc1. The molecule has 0 radical (unpaired) electrons. The van der Waals surface area contributed by atoms with E-state index in [1.807, 2.05) is 0 Å². The molecule has 0 aliphatic carbocycles. The number of nitrogens with zero attached hydrogens (tertiary/aromatic N) is 2. The molecule has 1 saturated heterocycles. The molecule has 1 heterocycles. The van der Waals surface area contributed by atoms with Crippen LogP contribution in [0.1, 0.15) is 5.56 Å². The number of rotatable bonds is 5. The van der Waals surface area contributed by atoms with Gasteiger partial charge in [-0.1, -0.05) is 30.3 Å². The monoisotopic (exact) mass is 374 g/mol. The third-order valence-corrected chi connectivity index (χ3v) is 6.22. The summed E-state index contributed by atoms with van der Waals surface area (Å²) < 4.78 is 31.8. The van der Waals surface area contributed by atoms with Crippen LogP contribution < -0.4 is 4.31 Å². The van der Waals surface area contributed by atoms with Gasteiger partial charge in [0.05, 0.1) is 30.2 Å². The first-order chi connectivity index (χ1) is 12.5. The number of ether oxygens (including phenoxy) is 1. The van der Waals surface area contributed by atoms with Crippen molar-refractivity contribution in [2.24, 2.45) is 0 Å². The predicted molar refractivity (Wildman–Crippen MR) is 99.6 cm³/mol. The van der Waals surface area contributed by atoms with E-state index in [0.29, 0.717) is 38.4 Å². The first-order valence-corrected chi connectivity index (χ1v) is 9.91. The molecular weight excluding hydrogens is 352 g/mol. The van der Waals surface area contributed by atoms with Crippen molar-refractivity contribution >= 4 is 21.6 Å². The van der Waals surface area contributed by atoms with Crippen molar-refractivity contribution < 1.29 is 17.9 Å². The van der Waals surface area contributed by atoms with Crippen molar-refractivity contribution in [1.82, 2.24) is 4.90 Å². The fourth-order valence-electron chi connectivity index (χ4n) is 2.81. The van der Waals surface area contributed by atoms with Crippen LogP contribution in [-0.4, -0.2) is 52.6 Å². The summed E-state index contributed by atoms with van der Waals surface area (Å²) in [5.41, 5.74) is 1.41. The molecule has 0 N–H and O–H groups in total. The molecule has 0 unspecified atom stereocenters. The molecule has 1 amide bonds. The zero-order valence-corrected chi connectivity index (χ0v) is 15.5. The molecule has 2 aromatic rings.